The van der Waals surface area contributed by atoms with E-state index >= 15 is 0 Å². The number of rotatable bonds is 0. The van der Waals surface area contributed by atoms with Crippen molar-refractivity contribution in [1.82, 2.24) is 0 Å². The maximum Gasteiger partial charge on any atom is 0.0477 e. The van der Waals surface area contributed by atoms with Crippen molar-refractivity contribution < 1.29 is 4.74 Å². The van der Waals surface area contributed by atoms with E-state index in [1.807, 2.05) is 0 Å². The molecule has 0 N–H and O–H groups in total. The topological polar surface area (TPSA) is 9.23 Å². The van der Waals surface area contributed by atoms with Gasteiger partial charge in [-0.2, -0.15) is 0 Å². The molecule has 0 aromatic heterocycles. The second-order valence-corrected chi connectivity index (χ2v) is 4.47. The van der Waals surface area contributed by atoms with Crippen LogP contribution in [0, 0.1) is 31.6 Å². The van der Waals surface area contributed by atoms with Crippen LogP contribution in [0.15, 0.2) is 18.2 Å². The molecule has 0 unspecified atom stereocenters. The summed E-state index contributed by atoms with van der Waals surface area (Å²) in [5.74, 6) is 7.20. The van der Waals surface area contributed by atoms with Crippen LogP contribution < -0.4 is 0 Å². The van der Waals surface area contributed by atoms with Crippen LogP contribution in [0.2, 0.25) is 0 Å². The zero-order valence-electron chi connectivity index (χ0n) is 10.0. The Balaban J connectivity index is 2.10. The van der Waals surface area contributed by atoms with Crippen molar-refractivity contribution in [1.29, 1.82) is 0 Å². The maximum absolute atomic E-state index is 5.32. The van der Waals surface area contributed by atoms with Gasteiger partial charge in [-0.1, -0.05) is 29.5 Å². The molecule has 0 amide bonds. The third-order valence-electron chi connectivity index (χ3n) is 3.01. The van der Waals surface area contributed by atoms with E-state index in [-0.39, 0.29) is 0 Å². The third-order valence-corrected chi connectivity index (χ3v) is 3.01. The number of aryl methyl sites for hydroxylation is 2. The van der Waals surface area contributed by atoms with E-state index in [0.29, 0.717) is 5.92 Å². The predicted octanol–water partition coefficient (Wildman–Crippen LogP) is 3.08. The number of ether oxygens (including phenoxy) is 1. The molecule has 16 heavy (non-hydrogen) atoms. The van der Waals surface area contributed by atoms with Gasteiger partial charge in [0.15, 0.2) is 0 Å². The first-order valence-corrected chi connectivity index (χ1v) is 5.92. The summed E-state index contributed by atoms with van der Waals surface area (Å²) in [6, 6.07) is 6.44. The average Bonchev–Trinajstić information content (AvgIpc) is 2.29. The second kappa shape index (κ2) is 5.18. The van der Waals surface area contributed by atoms with Gasteiger partial charge in [-0.15, -0.1) is 0 Å². The monoisotopic (exact) mass is 214 g/mol. The van der Waals surface area contributed by atoms with Crippen molar-refractivity contribution >= 4 is 0 Å². The molecule has 0 spiro atoms. The molecule has 1 heteroatoms. The highest BCUT2D eigenvalue weighted by Crippen LogP contribution is 2.14. The van der Waals surface area contributed by atoms with Crippen molar-refractivity contribution in [3.8, 4) is 11.8 Å². The first-order chi connectivity index (χ1) is 7.75. The molecular weight excluding hydrogens is 196 g/mol. The summed E-state index contributed by atoms with van der Waals surface area (Å²) < 4.78 is 5.32. The van der Waals surface area contributed by atoms with Crippen LogP contribution in [-0.2, 0) is 4.74 Å². The Morgan fingerprint density at radius 3 is 2.62 bits per heavy atom. The van der Waals surface area contributed by atoms with Gasteiger partial charge in [0.2, 0.25) is 0 Å². The predicted molar refractivity (Wildman–Crippen MR) is 66.3 cm³/mol. The van der Waals surface area contributed by atoms with Gasteiger partial charge in [0.05, 0.1) is 0 Å². The maximum atomic E-state index is 5.32. The van der Waals surface area contributed by atoms with Crippen LogP contribution >= 0.6 is 0 Å². The highest BCUT2D eigenvalue weighted by atomic mass is 16.5. The van der Waals surface area contributed by atoms with E-state index in [1.165, 1.54) is 11.1 Å². The summed E-state index contributed by atoms with van der Waals surface area (Å²) in [6.45, 7) is 5.97. The normalized spacial score (nSPS) is 16.6. The quantitative estimate of drug-likeness (QED) is 0.603. The van der Waals surface area contributed by atoms with E-state index in [0.717, 1.165) is 31.6 Å². The molecule has 1 nitrogen and oxygen atoms in total. The summed E-state index contributed by atoms with van der Waals surface area (Å²) in [6.07, 6.45) is 2.16. The molecule has 1 aromatic rings. The Hall–Kier alpha value is -1.26. The number of hydrogen-bond donors (Lipinski definition) is 0. The molecule has 84 valence electrons. The zero-order valence-corrected chi connectivity index (χ0v) is 10.0. The van der Waals surface area contributed by atoms with Crippen molar-refractivity contribution in [2.45, 2.75) is 26.7 Å². The van der Waals surface area contributed by atoms with E-state index in [4.69, 9.17) is 4.74 Å². The molecule has 1 aliphatic rings. The lowest BCUT2D eigenvalue weighted by Crippen LogP contribution is -2.13. The van der Waals surface area contributed by atoms with Crippen LogP contribution in [0.3, 0.4) is 0 Å². The lowest BCUT2D eigenvalue weighted by molar-refractivity contribution is 0.0807. The fraction of sp³-hybridized carbons (Fsp3) is 0.467. The molecule has 1 saturated heterocycles. The van der Waals surface area contributed by atoms with Gasteiger partial charge in [0, 0.05) is 24.7 Å². The fourth-order valence-electron chi connectivity index (χ4n) is 1.98. The Bertz CT molecular complexity index is 417. The van der Waals surface area contributed by atoms with Gasteiger partial charge >= 0.3 is 0 Å². The Labute approximate surface area is 97.8 Å². The summed E-state index contributed by atoms with van der Waals surface area (Å²) in [5, 5.41) is 0. The fourth-order valence-corrected chi connectivity index (χ4v) is 1.98. The van der Waals surface area contributed by atoms with E-state index in [2.05, 4.69) is 43.9 Å². The van der Waals surface area contributed by atoms with Crippen molar-refractivity contribution in [3.63, 3.8) is 0 Å². The first kappa shape index (κ1) is 11.2. The minimum atomic E-state index is 0.523. The highest BCUT2D eigenvalue weighted by molar-refractivity contribution is 5.42. The molecule has 1 aromatic carbocycles. The van der Waals surface area contributed by atoms with Gasteiger partial charge in [-0.05, 0) is 38.3 Å². The second-order valence-electron chi connectivity index (χ2n) is 4.47. The van der Waals surface area contributed by atoms with Gasteiger partial charge in [0.1, 0.15) is 0 Å². The van der Waals surface area contributed by atoms with Gasteiger partial charge in [0.25, 0.3) is 0 Å². The molecule has 1 heterocycles. The lowest BCUT2D eigenvalue weighted by Gasteiger charge is -2.16. The molecule has 2 rings (SSSR count). The summed E-state index contributed by atoms with van der Waals surface area (Å²) >= 11 is 0. The van der Waals surface area contributed by atoms with E-state index in [9.17, 15) is 0 Å². The minimum Gasteiger partial charge on any atom is -0.381 e. The molecule has 0 bridgehead atoms. The van der Waals surface area contributed by atoms with Crippen LogP contribution in [0.1, 0.15) is 29.5 Å². The largest absolute Gasteiger partial charge is 0.381 e. The Kier molecular flexibility index (Phi) is 3.64. The van der Waals surface area contributed by atoms with Crippen LogP contribution in [0.5, 0.6) is 0 Å². The van der Waals surface area contributed by atoms with Crippen molar-refractivity contribution in [2.75, 3.05) is 13.2 Å². The standard InChI is InChI=1S/C15H18O/c1-12-3-5-15(13(2)11-12)6-4-14-7-9-16-10-8-14/h3,5,11,14H,7-10H2,1-2H3. The first-order valence-electron chi connectivity index (χ1n) is 5.92. The van der Waals surface area contributed by atoms with E-state index in [1.54, 1.807) is 0 Å². The molecule has 0 aliphatic carbocycles. The highest BCUT2D eigenvalue weighted by Gasteiger charge is 2.10. The lowest BCUT2D eigenvalue weighted by atomic mass is 9.99. The van der Waals surface area contributed by atoms with Crippen LogP contribution in [-0.4, -0.2) is 13.2 Å². The molecule has 0 saturated carbocycles. The van der Waals surface area contributed by atoms with Crippen molar-refractivity contribution in [3.05, 3.63) is 34.9 Å². The Morgan fingerprint density at radius 1 is 1.19 bits per heavy atom. The van der Waals surface area contributed by atoms with Crippen molar-refractivity contribution in [2.24, 2.45) is 5.92 Å². The molecule has 1 fully saturated rings. The average molecular weight is 214 g/mol. The number of benzene rings is 1. The van der Waals surface area contributed by atoms with Crippen LogP contribution in [0.4, 0.5) is 0 Å². The van der Waals surface area contributed by atoms with Gasteiger partial charge < -0.3 is 4.74 Å². The number of hydrogen-bond acceptors (Lipinski definition) is 1. The summed E-state index contributed by atoms with van der Waals surface area (Å²) in [4.78, 5) is 0. The van der Waals surface area contributed by atoms with Crippen LogP contribution in [0.25, 0.3) is 0 Å². The molecule has 1 aliphatic heterocycles. The smallest absolute Gasteiger partial charge is 0.0477 e. The van der Waals surface area contributed by atoms with Gasteiger partial charge in [-0.3, -0.25) is 0 Å². The molecular formula is C15H18O. The summed E-state index contributed by atoms with van der Waals surface area (Å²) in [7, 11) is 0. The summed E-state index contributed by atoms with van der Waals surface area (Å²) in [5.41, 5.74) is 3.74. The SMILES string of the molecule is Cc1ccc(C#CC2CCOCC2)c(C)c1. The minimum absolute atomic E-state index is 0.523. The molecule has 0 radical (unpaired) electrons. The third kappa shape index (κ3) is 2.87. The van der Waals surface area contributed by atoms with Gasteiger partial charge in [-0.25, -0.2) is 0 Å². The Morgan fingerprint density at radius 2 is 1.94 bits per heavy atom. The molecule has 0 atom stereocenters. The van der Waals surface area contributed by atoms with E-state index < -0.39 is 0 Å². The zero-order chi connectivity index (χ0) is 11.4.